The quantitative estimate of drug-likeness (QED) is 0.159. The first kappa shape index (κ1) is 42.1. The van der Waals surface area contributed by atoms with Crippen molar-refractivity contribution in [1.29, 1.82) is 0 Å². The van der Waals surface area contributed by atoms with Crippen LogP contribution in [0.5, 0.6) is 0 Å². The average Bonchev–Trinajstić information content (AvgIpc) is 3.99. The second-order valence-electron chi connectivity index (χ2n) is 18.0. The molecule has 1 aliphatic carbocycles. The smallest absolute Gasteiger partial charge is 0.135 e. The van der Waals surface area contributed by atoms with Crippen LogP contribution in [0.25, 0.3) is 66.4 Å². The van der Waals surface area contributed by atoms with E-state index in [0.29, 0.717) is 0 Å². The third kappa shape index (κ3) is 6.92. The van der Waals surface area contributed by atoms with Crippen molar-refractivity contribution < 1.29 is 4.42 Å². The first-order valence-corrected chi connectivity index (χ1v) is 24.8. The predicted molar refractivity (Wildman–Crippen MR) is 300 cm³/mol. The van der Waals surface area contributed by atoms with E-state index in [2.05, 4.69) is 262 Å². The van der Waals surface area contributed by atoms with Crippen molar-refractivity contribution in [2.24, 2.45) is 0 Å². The third-order valence-electron chi connectivity index (χ3n) is 14.1. The Morgan fingerprint density at radius 3 is 1.80 bits per heavy atom. The second-order valence-corrected chi connectivity index (χ2v) is 18.0. The summed E-state index contributed by atoms with van der Waals surface area (Å²) >= 11 is 0. The van der Waals surface area contributed by atoms with Crippen LogP contribution in [0.3, 0.4) is 0 Å². The summed E-state index contributed by atoms with van der Waals surface area (Å²) in [5.74, 6) is 1.07. The maximum absolute atomic E-state index is 6.39. The Bertz CT molecular complexity index is 3980. The minimum atomic E-state index is 0.922. The number of nitrogens with zero attached hydrogens (tertiary/aromatic N) is 4. The van der Waals surface area contributed by atoms with Gasteiger partial charge in [0.15, 0.2) is 0 Å². The van der Waals surface area contributed by atoms with Gasteiger partial charge in [0.1, 0.15) is 11.3 Å². The maximum Gasteiger partial charge on any atom is 0.135 e. The molecule has 0 saturated heterocycles. The van der Waals surface area contributed by atoms with Crippen LogP contribution in [-0.2, 0) is 6.42 Å². The summed E-state index contributed by atoms with van der Waals surface area (Å²) in [6.45, 7) is 4.00. The minimum absolute atomic E-state index is 0.922. The first-order chi connectivity index (χ1) is 35.2. The molecule has 0 amide bonds. The molecule has 5 heteroatoms. The lowest BCUT2D eigenvalue weighted by Gasteiger charge is -2.41. The molecular weight excluding hydrogens is 865 g/mol. The molecule has 0 fully saturated rings. The largest absolute Gasteiger partial charge is 0.460 e. The lowest BCUT2D eigenvalue weighted by Crippen LogP contribution is -2.24. The molecule has 1 aliphatic heterocycles. The molecule has 0 unspecified atom stereocenters. The lowest BCUT2D eigenvalue weighted by molar-refractivity contribution is 0.546. The lowest BCUT2D eigenvalue weighted by atomic mass is 9.94. The van der Waals surface area contributed by atoms with Crippen molar-refractivity contribution in [3.63, 3.8) is 0 Å². The molecular formula is C66H50N4O. The fourth-order valence-electron chi connectivity index (χ4n) is 11.1. The Hall–Kier alpha value is -9.06. The number of allylic oxidation sites excluding steroid dienone is 1. The van der Waals surface area contributed by atoms with Gasteiger partial charge in [-0.25, -0.2) is 0 Å². The zero-order valence-corrected chi connectivity index (χ0v) is 39.7. The van der Waals surface area contributed by atoms with Crippen LogP contribution < -0.4 is 14.7 Å². The van der Waals surface area contributed by atoms with Crippen LogP contribution in [0.1, 0.15) is 31.6 Å². The van der Waals surface area contributed by atoms with Gasteiger partial charge in [-0.15, -0.1) is 0 Å². The molecule has 12 aromatic rings. The molecule has 2 aliphatic rings. The van der Waals surface area contributed by atoms with E-state index in [4.69, 9.17) is 4.42 Å². The minimum Gasteiger partial charge on any atom is -0.460 e. The average molecular weight is 915 g/mol. The molecule has 0 radical (unpaired) electrons. The highest BCUT2D eigenvalue weighted by Gasteiger charge is 2.33. The fourth-order valence-corrected chi connectivity index (χ4v) is 11.1. The summed E-state index contributed by atoms with van der Waals surface area (Å²) in [5, 5.41) is 5.99. The van der Waals surface area contributed by atoms with Gasteiger partial charge in [0.25, 0.3) is 0 Å². The number of rotatable bonds is 7. The Kier molecular flexibility index (Phi) is 10.4. The Morgan fingerprint density at radius 2 is 1.01 bits per heavy atom. The molecule has 2 aromatic heterocycles. The first-order valence-electron chi connectivity index (χ1n) is 24.8. The van der Waals surface area contributed by atoms with Crippen LogP contribution >= 0.6 is 0 Å². The molecule has 0 bridgehead atoms. The van der Waals surface area contributed by atoms with Gasteiger partial charge >= 0.3 is 0 Å². The SMILES string of the molecule is C1=Cc2c(oc3ccc(N(c4ccccc4)c4ccc5c(c4)N(c4ccccc4)c4ccccc4N5c4ccc(-c5ccc6c(c5)c5ccccc5n6-c5ccccc5)c5ccccc45)cc23)CC1.CC. The maximum atomic E-state index is 6.39. The third-order valence-corrected chi connectivity index (χ3v) is 14.1. The summed E-state index contributed by atoms with van der Waals surface area (Å²) < 4.78 is 8.77. The van der Waals surface area contributed by atoms with E-state index < -0.39 is 0 Å². The standard InChI is InChI=1S/C64H44N4O.C2H6/c1-4-18-44(19-5-1)65(47-34-39-64-55(41-47)53-27-13-17-31-63(53)69-64)48-33-37-61-62(42-48)67(46-22-8-3-9-23-46)59-29-15-16-30-60(59)68(61)57-38-35-49(50-24-10-11-25-51(50)57)43-32-36-58-54(40-43)52-26-12-14-28-56(52)66(58)45-20-6-2-7-21-45;1-2/h1-16,18-30,32-42H,17,31H2;1-2H3. The summed E-state index contributed by atoms with van der Waals surface area (Å²) in [6, 6.07) is 83.8. The topological polar surface area (TPSA) is 27.8 Å². The monoisotopic (exact) mass is 914 g/mol. The number of hydrogen-bond acceptors (Lipinski definition) is 4. The second kappa shape index (κ2) is 17.5. The number of aryl methyl sites for hydroxylation is 1. The Balaban J connectivity index is 0.00000243. The van der Waals surface area contributed by atoms with Crippen molar-refractivity contribution in [3.05, 3.63) is 248 Å². The van der Waals surface area contributed by atoms with Crippen molar-refractivity contribution in [2.45, 2.75) is 26.7 Å². The summed E-state index contributed by atoms with van der Waals surface area (Å²) in [5.41, 5.74) is 17.8. The van der Waals surface area contributed by atoms with Crippen molar-refractivity contribution in [2.75, 3.05) is 14.7 Å². The predicted octanol–water partition coefficient (Wildman–Crippen LogP) is 19.1. The van der Waals surface area contributed by atoms with E-state index in [0.717, 1.165) is 86.4 Å². The number of furan rings is 1. The molecule has 0 saturated carbocycles. The van der Waals surface area contributed by atoms with Crippen LogP contribution in [0.15, 0.2) is 241 Å². The van der Waals surface area contributed by atoms with E-state index in [-0.39, 0.29) is 0 Å². The number of benzene rings is 10. The van der Waals surface area contributed by atoms with Gasteiger partial charge in [-0.1, -0.05) is 147 Å². The number of fused-ring (bicyclic) bond motifs is 9. The van der Waals surface area contributed by atoms with E-state index >= 15 is 0 Å². The summed E-state index contributed by atoms with van der Waals surface area (Å²) in [6.07, 6.45) is 6.41. The molecule has 14 rings (SSSR count). The highest BCUT2D eigenvalue weighted by molar-refractivity contribution is 6.14. The van der Waals surface area contributed by atoms with Crippen LogP contribution in [-0.4, -0.2) is 4.57 Å². The molecule has 10 aromatic carbocycles. The molecule has 0 spiro atoms. The molecule has 0 atom stereocenters. The Morgan fingerprint density at radius 1 is 0.408 bits per heavy atom. The van der Waals surface area contributed by atoms with Crippen molar-refractivity contribution in [3.8, 4) is 16.8 Å². The van der Waals surface area contributed by atoms with Gasteiger partial charge < -0.3 is 23.7 Å². The number of para-hydroxylation sites is 6. The molecule has 0 N–H and O–H groups in total. The van der Waals surface area contributed by atoms with E-state index in [9.17, 15) is 0 Å². The van der Waals surface area contributed by atoms with Crippen LogP contribution in [0.4, 0.5) is 51.2 Å². The van der Waals surface area contributed by atoms with E-state index in [1.807, 2.05) is 13.8 Å². The van der Waals surface area contributed by atoms with Crippen LogP contribution in [0, 0.1) is 0 Å². The zero-order valence-electron chi connectivity index (χ0n) is 39.7. The van der Waals surface area contributed by atoms with Gasteiger partial charge in [-0.2, -0.15) is 0 Å². The highest BCUT2D eigenvalue weighted by Crippen LogP contribution is 2.57. The van der Waals surface area contributed by atoms with E-state index in [1.165, 1.54) is 49.3 Å². The molecule has 340 valence electrons. The molecule has 71 heavy (non-hydrogen) atoms. The van der Waals surface area contributed by atoms with Gasteiger partial charge in [-0.3, -0.25) is 0 Å². The molecule has 5 nitrogen and oxygen atoms in total. The normalized spacial score (nSPS) is 12.7. The highest BCUT2D eigenvalue weighted by atomic mass is 16.3. The number of anilines is 9. The van der Waals surface area contributed by atoms with Gasteiger partial charge in [-0.05, 0) is 132 Å². The van der Waals surface area contributed by atoms with Gasteiger partial charge in [0.05, 0.1) is 39.5 Å². The summed E-state index contributed by atoms with van der Waals surface area (Å²) in [7, 11) is 0. The van der Waals surface area contributed by atoms with Crippen LogP contribution in [0.2, 0.25) is 0 Å². The van der Waals surface area contributed by atoms with Gasteiger partial charge in [0, 0.05) is 62.0 Å². The number of hydrogen-bond donors (Lipinski definition) is 0. The van der Waals surface area contributed by atoms with E-state index in [1.54, 1.807) is 0 Å². The Labute approximate surface area is 414 Å². The number of aromatic nitrogens is 1. The summed E-state index contributed by atoms with van der Waals surface area (Å²) in [4.78, 5) is 7.27. The van der Waals surface area contributed by atoms with Crippen molar-refractivity contribution in [1.82, 2.24) is 4.57 Å². The fraction of sp³-hybridized carbons (Fsp3) is 0.0606. The van der Waals surface area contributed by atoms with Gasteiger partial charge in [0.2, 0.25) is 0 Å². The zero-order chi connectivity index (χ0) is 47.4. The van der Waals surface area contributed by atoms with Crippen molar-refractivity contribution >= 4 is 101 Å². The molecule has 3 heterocycles.